The molecule has 6 nitrogen and oxygen atoms in total. The van der Waals surface area contributed by atoms with E-state index in [1.54, 1.807) is 7.05 Å². The first-order valence-electron chi connectivity index (χ1n) is 8.15. The molecule has 3 N–H and O–H groups in total. The molecule has 0 radical (unpaired) electrons. The Bertz CT molecular complexity index is 388. The van der Waals surface area contributed by atoms with Gasteiger partial charge in [0, 0.05) is 26.7 Å². The summed E-state index contributed by atoms with van der Waals surface area (Å²) < 4.78 is 5.18. The highest BCUT2D eigenvalue weighted by Crippen LogP contribution is 2.36. The van der Waals surface area contributed by atoms with Crippen LogP contribution >= 0.6 is 24.0 Å². The fourth-order valence-electron chi connectivity index (χ4n) is 2.58. The lowest BCUT2D eigenvalue weighted by molar-refractivity contribution is 0.0529. The van der Waals surface area contributed by atoms with E-state index in [-0.39, 0.29) is 24.0 Å². The summed E-state index contributed by atoms with van der Waals surface area (Å²) in [7, 11) is 1.76. The molecule has 7 heteroatoms. The van der Waals surface area contributed by atoms with Gasteiger partial charge in [0.2, 0.25) is 0 Å². The largest absolute Gasteiger partial charge is 0.444 e. The van der Waals surface area contributed by atoms with E-state index in [0.29, 0.717) is 18.5 Å². The number of aliphatic imine (C=N–C) groups is 1. The lowest BCUT2D eigenvalue weighted by Crippen LogP contribution is -2.45. The second kappa shape index (κ2) is 10.2. The molecule has 0 heterocycles. The van der Waals surface area contributed by atoms with Crippen molar-refractivity contribution < 1.29 is 9.53 Å². The van der Waals surface area contributed by atoms with Crippen LogP contribution in [0.5, 0.6) is 0 Å². The molecule has 0 atom stereocenters. The quantitative estimate of drug-likeness (QED) is 0.266. The average Bonchev–Trinajstić information content (AvgIpc) is 2.83. The predicted molar refractivity (Wildman–Crippen MR) is 106 cm³/mol. The SMILES string of the molecule is CN=C(NCCNC(=O)OC(C)(C)C)NCC1(C)CCCC1.I. The first-order chi connectivity index (χ1) is 10.2. The molecule has 0 saturated heterocycles. The van der Waals surface area contributed by atoms with E-state index < -0.39 is 11.7 Å². The molecule has 1 fully saturated rings. The Morgan fingerprint density at radius 3 is 2.22 bits per heavy atom. The summed E-state index contributed by atoms with van der Waals surface area (Å²) in [6.45, 7) is 9.90. The summed E-state index contributed by atoms with van der Waals surface area (Å²) in [4.78, 5) is 15.7. The van der Waals surface area contributed by atoms with E-state index >= 15 is 0 Å². The Kier molecular flexibility index (Phi) is 9.88. The highest BCUT2D eigenvalue weighted by Gasteiger charge is 2.28. The lowest BCUT2D eigenvalue weighted by atomic mass is 9.89. The monoisotopic (exact) mass is 440 g/mol. The summed E-state index contributed by atoms with van der Waals surface area (Å²) in [5.41, 5.74) is -0.0851. The van der Waals surface area contributed by atoms with Crippen molar-refractivity contribution >= 4 is 36.0 Å². The standard InChI is InChI=1S/C16H32N4O2.HI/c1-15(2,3)22-14(21)19-11-10-18-13(17-5)20-12-16(4)8-6-7-9-16;/h6-12H2,1-5H3,(H,19,21)(H2,17,18,20);1H. The number of hydrogen-bond donors (Lipinski definition) is 3. The van der Waals surface area contributed by atoms with Gasteiger partial charge in [-0.25, -0.2) is 4.79 Å². The topological polar surface area (TPSA) is 74.8 Å². The van der Waals surface area contributed by atoms with Gasteiger partial charge in [-0.2, -0.15) is 0 Å². The number of nitrogens with zero attached hydrogens (tertiary/aromatic N) is 1. The maximum Gasteiger partial charge on any atom is 0.407 e. The van der Waals surface area contributed by atoms with Crippen LogP contribution in [0.2, 0.25) is 0 Å². The number of amides is 1. The van der Waals surface area contributed by atoms with Crippen LogP contribution in [0.4, 0.5) is 4.79 Å². The number of halogens is 1. The van der Waals surface area contributed by atoms with Crippen LogP contribution in [-0.2, 0) is 4.74 Å². The van der Waals surface area contributed by atoms with Crippen molar-refractivity contribution in [1.29, 1.82) is 0 Å². The van der Waals surface area contributed by atoms with Gasteiger partial charge in [0.1, 0.15) is 5.60 Å². The molecule has 1 aliphatic rings. The van der Waals surface area contributed by atoms with Gasteiger partial charge in [0.05, 0.1) is 0 Å². The van der Waals surface area contributed by atoms with Gasteiger partial charge in [-0.15, -0.1) is 24.0 Å². The molecule has 0 aromatic rings. The number of rotatable bonds is 5. The van der Waals surface area contributed by atoms with Gasteiger partial charge in [-0.3, -0.25) is 4.99 Å². The fourth-order valence-corrected chi connectivity index (χ4v) is 2.58. The van der Waals surface area contributed by atoms with Crippen LogP contribution < -0.4 is 16.0 Å². The highest BCUT2D eigenvalue weighted by atomic mass is 127. The Balaban J connectivity index is 0.00000484. The molecule has 0 aromatic heterocycles. The third-order valence-corrected chi connectivity index (χ3v) is 3.80. The van der Waals surface area contributed by atoms with Crippen molar-refractivity contribution in [3.63, 3.8) is 0 Å². The molecule has 1 rings (SSSR count). The normalized spacial score (nSPS) is 17.2. The molecule has 0 unspecified atom stereocenters. The molecular formula is C16H33IN4O2. The Morgan fingerprint density at radius 2 is 1.70 bits per heavy atom. The highest BCUT2D eigenvalue weighted by molar-refractivity contribution is 14.0. The van der Waals surface area contributed by atoms with E-state index in [1.807, 2.05) is 20.8 Å². The van der Waals surface area contributed by atoms with Gasteiger partial charge in [0.25, 0.3) is 0 Å². The average molecular weight is 440 g/mol. The Labute approximate surface area is 157 Å². The minimum Gasteiger partial charge on any atom is -0.444 e. The van der Waals surface area contributed by atoms with Crippen molar-refractivity contribution in [2.24, 2.45) is 10.4 Å². The molecular weight excluding hydrogens is 407 g/mol. The van der Waals surface area contributed by atoms with Crippen molar-refractivity contribution in [2.45, 2.75) is 59.0 Å². The van der Waals surface area contributed by atoms with Gasteiger partial charge in [0.15, 0.2) is 5.96 Å². The number of ether oxygens (including phenoxy) is 1. The molecule has 0 bridgehead atoms. The molecule has 136 valence electrons. The van der Waals surface area contributed by atoms with Crippen LogP contribution in [0.25, 0.3) is 0 Å². The summed E-state index contributed by atoms with van der Waals surface area (Å²) in [6, 6.07) is 0. The van der Waals surface area contributed by atoms with E-state index in [2.05, 4.69) is 27.9 Å². The molecule has 0 aliphatic heterocycles. The van der Waals surface area contributed by atoms with Crippen LogP contribution in [0.15, 0.2) is 4.99 Å². The molecule has 1 amide bonds. The number of carbonyl (C=O) groups excluding carboxylic acids is 1. The maximum absolute atomic E-state index is 11.5. The van der Waals surface area contributed by atoms with Gasteiger partial charge >= 0.3 is 6.09 Å². The van der Waals surface area contributed by atoms with Crippen LogP contribution in [0.1, 0.15) is 53.4 Å². The van der Waals surface area contributed by atoms with Gasteiger partial charge in [-0.05, 0) is 39.0 Å². The zero-order valence-electron chi connectivity index (χ0n) is 15.1. The number of alkyl carbamates (subject to hydrolysis) is 1. The molecule has 23 heavy (non-hydrogen) atoms. The predicted octanol–water partition coefficient (Wildman–Crippen LogP) is 2.87. The second-order valence-corrected chi connectivity index (χ2v) is 7.30. The second-order valence-electron chi connectivity index (χ2n) is 7.30. The van der Waals surface area contributed by atoms with Crippen molar-refractivity contribution in [3.05, 3.63) is 0 Å². The van der Waals surface area contributed by atoms with E-state index in [4.69, 9.17) is 4.74 Å². The summed E-state index contributed by atoms with van der Waals surface area (Å²) >= 11 is 0. The van der Waals surface area contributed by atoms with Gasteiger partial charge in [-0.1, -0.05) is 19.8 Å². The first kappa shape index (κ1) is 22.3. The van der Waals surface area contributed by atoms with Crippen LogP contribution in [0, 0.1) is 5.41 Å². The number of nitrogens with one attached hydrogen (secondary N) is 3. The molecule has 1 aliphatic carbocycles. The minimum absolute atomic E-state index is 0. The van der Waals surface area contributed by atoms with E-state index in [0.717, 1.165) is 12.5 Å². The summed E-state index contributed by atoms with van der Waals surface area (Å²) in [5, 5.41) is 9.29. The van der Waals surface area contributed by atoms with Crippen LogP contribution in [-0.4, -0.2) is 44.3 Å². The van der Waals surface area contributed by atoms with E-state index in [1.165, 1.54) is 25.7 Å². The molecule has 0 spiro atoms. The molecule has 0 aromatic carbocycles. The zero-order valence-corrected chi connectivity index (χ0v) is 17.5. The Hall–Kier alpha value is -0.730. The zero-order chi connectivity index (χ0) is 16.6. The summed E-state index contributed by atoms with van der Waals surface area (Å²) in [5.74, 6) is 0.777. The molecule has 1 saturated carbocycles. The van der Waals surface area contributed by atoms with Crippen molar-refractivity contribution in [2.75, 3.05) is 26.7 Å². The van der Waals surface area contributed by atoms with Crippen LogP contribution in [0.3, 0.4) is 0 Å². The maximum atomic E-state index is 11.5. The summed E-state index contributed by atoms with van der Waals surface area (Å²) in [6.07, 6.45) is 4.80. The third kappa shape index (κ3) is 9.88. The third-order valence-electron chi connectivity index (χ3n) is 3.80. The lowest BCUT2D eigenvalue weighted by Gasteiger charge is -2.25. The first-order valence-corrected chi connectivity index (χ1v) is 8.15. The number of carbonyl (C=O) groups is 1. The van der Waals surface area contributed by atoms with Gasteiger partial charge < -0.3 is 20.7 Å². The fraction of sp³-hybridized carbons (Fsp3) is 0.875. The number of hydrogen-bond acceptors (Lipinski definition) is 3. The number of guanidine groups is 1. The van der Waals surface area contributed by atoms with Crippen molar-refractivity contribution in [1.82, 2.24) is 16.0 Å². The van der Waals surface area contributed by atoms with E-state index in [9.17, 15) is 4.79 Å². The smallest absolute Gasteiger partial charge is 0.407 e. The Morgan fingerprint density at radius 1 is 1.13 bits per heavy atom. The minimum atomic E-state index is -0.466. The van der Waals surface area contributed by atoms with Crippen molar-refractivity contribution in [3.8, 4) is 0 Å².